The summed E-state index contributed by atoms with van der Waals surface area (Å²) in [6, 6.07) is 0. The maximum absolute atomic E-state index is 5.37. The minimum Gasteiger partial charge on any atom is -0.329 e. The van der Waals surface area contributed by atoms with Crippen molar-refractivity contribution in [2.24, 2.45) is 5.73 Å². The maximum Gasteiger partial charge on any atom is 0.0259 e. The van der Waals surface area contributed by atoms with Crippen molar-refractivity contribution in [1.29, 1.82) is 0 Å². The van der Waals surface area contributed by atoms with Crippen LogP contribution in [-0.4, -0.2) is 56.2 Å². The lowest BCUT2D eigenvalue weighted by atomic mass is 10.4. The Morgan fingerprint density at radius 3 is 2.45 bits per heavy atom. The standard InChI is InChI=1S/C7H18N4/c1-10-4-6-11(7-5-10)9-3-2-8/h9H,2-8H2,1H3. The molecule has 4 heteroatoms. The molecule has 1 saturated heterocycles. The number of rotatable bonds is 3. The van der Waals surface area contributed by atoms with Gasteiger partial charge in [0.1, 0.15) is 0 Å². The second-order valence-electron chi connectivity index (χ2n) is 2.99. The van der Waals surface area contributed by atoms with E-state index in [-0.39, 0.29) is 0 Å². The summed E-state index contributed by atoms with van der Waals surface area (Å²) < 4.78 is 0. The quantitative estimate of drug-likeness (QED) is 0.536. The molecule has 1 aliphatic heterocycles. The Labute approximate surface area is 68.3 Å². The minimum atomic E-state index is 0.715. The zero-order valence-corrected chi connectivity index (χ0v) is 7.21. The van der Waals surface area contributed by atoms with Crippen molar-refractivity contribution >= 4 is 0 Å². The van der Waals surface area contributed by atoms with Crippen LogP contribution in [-0.2, 0) is 0 Å². The highest BCUT2D eigenvalue weighted by Gasteiger charge is 2.11. The van der Waals surface area contributed by atoms with Gasteiger partial charge in [0, 0.05) is 39.3 Å². The van der Waals surface area contributed by atoms with E-state index in [1.807, 2.05) is 0 Å². The van der Waals surface area contributed by atoms with Crippen molar-refractivity contribution in [1.82, 2.24) is 15.3 Å². The van der Waals surface area contributed by atoms with Gasteiger partial charge < -0.3 is 10.6 Å². The highest BCUT2D eigenvalue weighted by Crippen LogP contribution is 1.94. The number of piperazine rings is 1. The second kappa shape index (κ2) is 4.66. The molecule has 66 valence electrons. The van der Waals surface area contributed by atoms with Gasteiger partial charge in [0.2, 0.25) is 0 Å². The number of hydrazine groups is 1. The molecule has 3 N–H and O–H groups in total. The van der Waals surface area contributed by atoms with E-state index in [1.54, 1.807) is 0 Å². The van der Waals surface area contributed by atoms with Crippen LogP contribution in [0.3, 0.4) is 0 Å². The Kier molecular flexibility index (Phi) is 3.79. The van der Waals surface area contributed by atoms with E-state index >= 15 is 0 Å². The third-order valence-corrected chi connectivity index (χ3v) is 1.98. The van der Waals surface area contributed by atoms with Gasteiger partial charge in [-0.2, -0.15) is 0 Å². The fourth-order valence-corrected chi connectivity index (χ4v) is 1.19. The molecule has 4 nitrogen and oxygen atoms in total. The number of nitrogens with one attached hydrogen (secondary N) is 1. The first-order chi connectivity index (χ1) is 5.33. The Bertz CT molecular complexity index is 95.9. The molecule has 0 aromatic rings. The molecule has 1 aliphatic rings. The molecule has 1 fully saturated rings. The molecule has 11 heavy (non-hydrogen) atoms. The van der Waals surface area contributed by atoms with Crippen LogP contribution in [0.4, 0.5) is 0 Å². The zero-order chi connectivity index (χ0) is 8.10. The largest absolute Gasteiger partial charge is 0.329 e. The summed E-state index contributed by atoms with van der Waals surface area (Å²) >= 11 is 0. The van der Waals surface area contributed by atoms with E-state index in [4.69, 9.17) is 5.73 Å². The summed E-state index contributed by atoms with van der Waals surface area (Å²) in [7, 11) is 2.15. The second-order valence-corrected chi connectivity index (χ2v) is 2.99. The smallest absolute Gasteiger partial charge is 0.0259 e. The van der Waals surface area contributed by atoms with Gasteiger partial charge in [-0.1, -0.05) is 0 Å². The van der Waals surface area contributed by atoms with Gasteiger partial charge in [0.25, 0.3) is 0 Å². The van der Waals surface area contributed by atoms with E-state index in [0.717, 1.165) is 32.7 Å². The van der Waals surface area contributed by atoms with Crippen LogP contribution in [0.1, 0.15) is 0 Å². The van der Waals surface area contributed by atoms with Crippen LogP contribution >= 0.6 is 0 Å². The van der Waals surface area contributed by atoms with Crippen molar-refractivity contribution in [3.63, 3.8) is 0 Å². The molecule has 1 rings (SSSR count). The van der Waals surface area contributed by atoms with Crippen LogP contribution < -0.4 is 11.2 Å². The SMILES string of the molecule is CN1CCN(NCCN)CC1. The molecule has 0 bridgehead atoms. The third-order valence-electron chi connectivity index (χ3n) is 1.98. The van der Waals surface area contributed by atoms with Gasteiger partial charge in [0.05, 0.1) is 0 Å². The summed E-state index contributed by atoms with van der Waals surface area (Å²) in [4.78, 5) is 2.33. The summed E-state index contributed by atoms with van der Waals surface area (Å²) in [5.41, 5.74) is 8.65. The van der Waals surface area contributed by atoms with Gasteiger partial charge in [-0.05, 0) is 7.05 Å². The molecule has 0 unspecified atom stereocenters. The molecule has 0 spiro atoms. The molecular formula is C7H18N4. The van der Waals surface area contributed by atoms with Crippen molar-refractivity contribution < 1.29 is 0 Å². The van der Waals surface area contributed by atoms with E-state index in [9.17, 15) is 0 Å². The van der Waals surface area contributed by atoms with Gasteiger partial charge in [-0.15, -0.1) is 0 Å². The molecule has 0 aromatic heterocycles. The topological polar surface area (TPSA) is 44.5 Å². The van der Waals surface area contributed by atoms with E-state index in [1.165, 1.54) is 0 Å². The number of hydrogen-bond acceptors (Lipinski definition) is 4. The molecule has 0 saturated carbocycles. The number of nitrogens with zero attached hydrogens (tertiary/aromatic N) is 2. The summed E-state index contributed by atoms with van der Waals surface area (Å²) in [6.07, 6.45) is 0. The molecule has 0 aromatic carbocycles. The van der Waals surface area contributed by atoms with Gasteiger partial charge in [0.15, 0.2) is 0 Å². The van der Waals surface area contributed by atoms with Crippen LogP contribution in [0.2, 0.25) is 0 Å². The first-order valence-corrected chi connectivity index (χ1v) is 4.20. The fraction of sp³-hybridized carbons (Fsp3) is 1.00. The van der Waals surface area contributed by atoms with E-state index < -0.39 is 0 Å². The van der Waals surface area contributed by atoms with E-state index in [2.05, 4.69) is 22.4 Å². The average molecular weight is 158 g/mol. The van der Waals surface area contributed by atoms with Crippen molar-refractivity contribution in [2.45, 2.75) is 0 Å². The molecule has 0 radical (unpaired) electrons. The van der Waals surface area contributed by atoms with Crippen LogP contribution in [0.25, 0.3) is 0 Å². The van der Waals surface area contributed by atoms with Gasteiger partial charge >= 0.3 is 0 Å². The normalized spacial score (nSPS) is 22.4. The van der Waals surface area contributed by atoms with Crippen LogP contribution in [0.15, 0.2) is 0 Å². The lowest BCUT2D eigenvalue weighted by molar-refractivity contribution is 0.106. The third kappa shape index (κ3) is 3.16. The number of hydrogen-bond donors (Lipinski definition) is 2. The number of likely N-dealkylation sites (N-methyl/N-ethyl adjacent to an activating group) is 1. The summed E-state index contributed by atoms with van der Waals surface area (Å²) in [6.45, 7) is 6.12. The summed E-state index contributed by atoms with van der Waals surface area (Å²) in [5, 5.41) is 2.24. The highest BCUT2D eigenvalue weighted by molar-refractivity contribution is 4.65. The Hall–Kier alpha value is -0.160. The maximum atomic E-state index is 5.37. The van der Waals surface area contributed by atoms with Crippen molar-refractivity contribution in [3.05, 3.63) is 0 Å². The van der Waals surface area contributed by atoms with Crippen LogP contribution in [0.5, 0.6) is 0 Å². The molecule has 1 heterocycles. The van der Waals surface area contributed by atoms with Crippen LogP contribution in [0, 0.1) is 0 Å². The minimum absolute atomic E-state index is 0.715. The zero-order valence-electron chi connectivity index (χ0n) is 7.21. The Morgan fingerprint density at radius 1 is 1.27 bits per heavy atom. The first-order valence-electron chi connectivity index (χ1n) is 4.20. The molecule has 0 atom stereocenters. The van der Waals surface area contributed by atoms with E-state index in [0.29, 0.717) is 6.54 Å². The monoisotopic (exact) mass is 158 g/mol. The molecule has 0 amide bonds. The molecule has 0 aliphatic carbocycles. The highest BCUT2D eigenvalue weighted by atomic mass is 15.5. The first kappa shape index (κ1) is 8.93. The predicted molar refractivity (Wildman–Crippen MR) is 46.1 cm³/mol. The molecular weight excluding hydrogens is 140 g/mol. The Balaban J connectivity index is 2.07. The fourth-order valence-electron chi connectivity index (χ4n) is 1.19. The lowest BCUT2D eigenvalue weighted by Crippen LogP contribution is -2.51. The average Bonchev–Trinajstić information content (AvgIpc) is 2.04. The Morgan fingerprint density at radius 2 is 1.91 bits per heavy atom. The van der Waals surface area contributed by atoms with Gasteiger partial charge in [-0.3, -0.25) is 5.43 Å². The van der Waals surface area contributed by atoms with Crippen molar-refractivity contribution in [2.75, 3.05) is 46.3 Å². The summed E-state index contributed by atoms with van der Waals surface area (Å²) in [5.74, 6) is 0. The number of nitrogens with two attached hydrogens (primary N) is 1. The lowest BCUT2D eigenvalue weighted by Gasteiger charge is -2.32. The van der Waals surface area contributed by atoms with Crippen molar-refractivity contribution in [3.8, 4) is 0 Å². The van der Waals surface area contributed by atoms with Gasteiger partial charge in [-0.25, -0.2) is 5.01 Å². The predicted octanol–water partition coefficient (Wildman–Crippen LogP) is -1.30.